The molecule has 0 N–H and O–H groups in total. The highest BCUT2D eigenvalue weighted by Crippen LogP contribution is 2.35. The van der Waals surface area contributed by atoms with Crippen molar-refractivity contribution in [2.75, 3.05) is 57.5 Å². The Balaban J connectivity index is 1.67. The van der Waals surface area contributed by atoms with Crippen LogP contribution in [0.25, 0.3) is 0 Å². The molecule has 2 aliphatic heterocycles. The van der Waals surface area contributed by atoms with Gasteiger partial charge in [-0.1, -0.05) is 6.07 Å². The Hall–Kier alpha value is -1.66. The lowest BCUT2D eigenvalue weighted by Gasteiger charge is -2.32. The first-order chi connectivity index (χ1) is 11.2. The lowest BCUT2D eigenvalue weighted by atomic mass is 9.87. The van der Waals surface area contributed by atoms with Crippen LogP contribution < -0.4 is 4.90 Å². The molecule has 1 amide bonds. The number of carbonyl (C=O) groups is 1. The maximum absolute atomic E-state index is 12.3. The second-order valence-electron chi connectivity index (χ2n) is 6.36. The normalized spacial score (nSPS) is 24.9. The maximum atomic E-state index is 12.3. The van der Waals surface area contributed by atoms with E-state index in [-0.39, 0.29) is 17.9 Å². The van der Waals surface area contributed by atoms with E-state index in [1.54, 1.807) is 0 Å². The zero-order chi connectivity index (χ0) is 16.1. The molecule has 3 heterocycles. The minimum absolute atomic E-state index is 0.00407. The first kappa shape index (κ1) is 16.2. The van der Waals surface area contributed by atoms with E-state index in [2.05, 4.69) is 9.88 Å². The van der Waals surface area contributed by atoms with Crippen molar-refractivity contribution in [1.82, 2.24) is 9.88 Å². The highest BCUT2D eigenvalue weighted by atomic mass is 16.5. The fourth-order valence-electron chi connectivity index (χ4n) is 3.40. The van der Waals surface area contributed by atoms with E-state index in [1.807, 2.05) is 36.2 Å². The lowest BCUT2D eigenvalue weighted by Crippen LogP contribution is -2.44. The Kier molecular flexibility index (Phi) is 5.13. The van der Waals surface area contributed by atoms with Gasteiger partial charge in [0.1, 0.15) is 12.4 Å². The summed E-state index contributed by atoms with van der Waals surface area (Å²) in [6, 6.07) is 5.97. The third-order valence-electron chi connectivity index (χ3n) is 4.63. The quantitative estimate of drug-likeness (QED) is 0.834. The molecule has 1 atom stereocenters. The zero-order valence-electron chi connectivity index (χ0n) is 13.7. The molecule has 0 radical (unpaired) electrons. The monoisotopic (exact) mass is 319 g/mol. The Morgan fingerprint density at radius 3 is 3.09 bits per heavy atom. The smallest absolute Gasteiger partial charge is 0.248 e. The van der Waals surface area contributed by atoms with Crippen LogP contribution in [0.3, 0.4) is 0 Å². The largest absolute Gasteiger partial charge is 0.379 e. The molecule has 0 aromatic carbocycles. The number of rotatable bonds is 4. The van der Waals surface area contributed by atoms with Crippen LogP contribution in [0.4, 0.5) is 5.82 Å². The number of aromatic nitrogens is 1. The lowest BCUT2D eigenvalue weighted by molar-refractivity contribution is -0.137. The molecule has 126 valence electrons. The topological polar surface area (TPSA) is 54.9 Å². The molecular formula is C17H25N3O3. The number of hydrogen-bond acceptors (Lipinski definition) is 5. The van der Waals surface area contributed by atoms with Crippen molar-refractivity contribution in [3.63, 3.8) is 0 Å². The van der Waals surface area contributed by atoms with E-state index in [1.165, 1.54) is 0 Å². The minimum atomic E-state index is -0.00407. The summed E-state index contributed by atoms with van der Waals surface area (Å²) in [7, 11) is 0. The van der Waals surface area contributed by atoms with E-state index in [0.717, 1.165) is 31.9 Å². The van der Waals surface area contributed by atoms with Crippen LogP contribution in [0.1, 0.15) is 13.3 Å². The van der Waals surface area contributed by atoms with Gasteiger partial charge in [-0.05, 0) is 25.5 Å². The molecule has 2 aliphatic rings. The first-order valence-corrected chi connectivity index (χ1v) is 8.32. The van der Waals surface area contributed by atoms with Gasteiger partial charge in [0, 0.05) is 44.4 Å². The van der Waals surface area contributed by atoms with Gasteiger partial charge in [-0.2, -0.15) is 0 Å². The van der Waals surface area contributed by atoms with Crippen molar-refractivity contribution < 1.29 is 14.3 Å². The summed E-state index contributed by atoms with van der Waals surface area (Å²) in [4.78, 5) is 21.0. The molecule has 1 aromatic rings. The van der Waals surface area contributed by atoms with Gasteiger partial charge >= 0.3 is 0 Å². The first-order valence-electron chi connectivity index (χ1n) is 8.32. The Morgan fingerprint density at radius 2 is 2.30 bits per heavy atom. The van der Waals surface area contributed by atoms with Crippen molar-refractivity contribution in [3.8, 4) is 0 Å². The second kappa shape index (κ2) is 7.27. The van der Waals surface area contributed by atoms with Crippen LogP contribution in [0, 0.1) is 5.41 Å². The molecule has 1 spiro atoms. The number of nitrogens with zero attached hydrogens (tertiary/aromatic N) is 3. The van der Waals surface area contributed by atoms with Crippen molar-refractivity contribution in [2.45, 2.75) is 13.3 Å². The molecular weight excluding hydrogens is 294 g/mol. The number of pyridine rings is 1. The van der Waals surface area contributed by atoms with Crippen LogP contribution in [0.15, 0.2) is 24.4 Å². The van der Waals surface area contributed by atoms with E-state index in [9.17, 15) is 4.79 Å². The molecule has 3 rings (SSSR count). The molecule has 0 saturated carbocycles. The summed E-state index contributed by atoms with van der Waals surface area (Å²) >= 11 is 0. The summed E-state index contributed by atoms with van der Waals surface area (Å²) < 4.78 is 11.1. The number of anilines is 1. The third-order valence-corrected chi connectivity index (χ3v) is 4.63. The van der Waals surface area contributed by atoms with Crippen molar-refractivity contribution >= 4 is 11.7 Å². The molecule has 2 fully saturated rings. The van der Waals surface area contributed by atoms with Gasteiger partial charge in [0.25, 0.3) is 0 Å². The van der Waals surface area contributed by atoms with Crippen LogP contribution in [0.5, 0.6) is 0 Å². The average Bonchev–Trinajstić information content (AvgIpc) is 2.88. The van der Waals surface area contributed by atoms with E-state index < -0.39 is 0 Å². The van der Waals surface area contributed by atoms with Gasteiger partial charge in [0.15, 0.2) is 0 Å². The number of hydrogen-bond donors (Lipinski definition) is 0. The Morgan fingerprint density at radius 1 is 1.39 bits per heavy atom. The highest BCUT2D eigenvalue weighted by Gasteiger charge is 2.42. The standard InChI is InChI=1S/C17H25N3O3/c1-2-22-11-16(21)20-9-10-23-14-17(13-20)6-8-19(12-17)15-5-3-4-7-18-15/h3-5,7H,2,6,8-14H2,1H3. The van der Waals surface area contributed by atoms with Crippen LogP contribution >= 0.6 is 0 Å². The molecule has 23 heavy (non-hydrogen) atoms. The zero-order valence-corrected chi connectivity index (χ0v) is 13.7. The van der Waals surface area contributed by atoms with Gasteiger partial charge in [-0.25, -0.2) is 4.98 Å². The van der Waals surface area contributed by atoms with E-state index in [4.69, 9.17) is 9.47 Å². The molecule has 0 aliphatic carbocycles. The molecule has 1 unspecified atom stereocenters. The molecule has 1 aromatic heterocycles. The highest BCUT2D eigenvalue weighted by molar-refractivity contribution is 5.77. The predicted octanol–water partition coefficient (Wildman–Crippen LogP) is 1.17. The number of ether oxygens (including phenoxy) is 2. The summed E-state index contributed by atoms with van der Waals surface area (Å²) in [5.74, 6) is 1.06. The fourth-order valence-corrected chi connectivity index (χ4v) is 3.40. The third kappa shape index (κ3) is 3.82. The van der Waals surface area contributed by atoms with E-state index >= 15 is 0 Å². The Bertz CT molecular complexity index is 525. The minimum Gasteiger partial charge on any atom is -0.379 e. The second-order valence-corrected chi connectivity index (χ2v) is 6.36. The van der Waals surface area contributed by atoms with Gasteiger partial charge in [0.05, 0.1) is 13.2 Å². The van der Waals surface area contributed by atoms with Crippen molar-refractivity contribution in [2.24, 2.45) is 5.41 Å². The summed E-state index contributed by atoms with van der Waals surface area (Å²) in [5.41, 5.74) is -0.00407. The van der Waals surface area contributed by atoms with Gasteiger partial charge in [0.2, 0.25) is 5.91 Å². The van der Waals surface area contributed by atoms with Crippen LogP contribution in [-0.2, 0) is 14.3 Å². The van der Waals surface area contributed by atoms with Crippen molar-refractivity contribution in [3.05, 3.63) is 24.4 Å². The van der Waals surface area contributed by atoms with Crippen LogP contribution in [0.2, 0.25) is 0 Å². The van der Waals surface area contributed by atoms with Crippen LogP contribution in [-0.4, -0.2) is 68.4 Å². The predicted molar refractivity (Wildman–Crippen MR) is 87.4 cm³/mol. The molecule has 6 nitrogen and oxygen atoms in total. The molecule has 0 bridgehead atoms. The summed E-state index contributed by atoms with van der Waals surface area (Å²) in [6.45, 7) is 7.15. The molecule has 2 saturated heterocycles. The average molecular weight is 319 g/mol. The van der Waals surface area contributed by atoms with E-state index in [0.29, 0.717) is 26.4 Å². The van der Waals surface area contributed by atoms with Gasteiger partial charge in [-0.15, -0.1) is 0 Å². The van der Waals surface area contributed by atoms with Gasteiger partial charge in [-0.3, -0.25) is 4.79 Å². The summed E-state index contributed by atoms with van der Waals surface area (Å²) in [5, 5.41) is 0. The number of carbonyl (C=O) groups excluding carboxylic acids is 1. The van der Waals surface area contributed by atoms with Crippen molar-refractivity contribution in [1.29, 1.82) is 0 Å². The maximum Gasteiger partial charge on any atom is 0.248 e. The number of amides is 1. The Labute approximate surface area is 137 Å². The molecule has 6 heteroatoms. The van der Waals surface area contributed by atoms with Gasteiger partial charge < -0.3 is 19.3 Å². The fraction of sp³-hybridized carbons (Fsp3) is 0.647. The SMILES string of the molecule is CCOCC(=O)N1CCOCC2(CCN(c3ccccn3)C2)C1. The summed E-state index contributed by atoms with van der Waals surface area (Å²) in [6.07, 6.45) is 2.84.